The van der Waals surface area contributed by atoms with E-state index < -0.39 is 0 Å². The monoisotopic (exact) mass is 336 g/mol. The van der Waals surface area contributed by atoms with Crippen molar-refractivity contribution >= 4 is 22.6 Å². The van der Waals surface area contributed by atoms with Crippen molar-refractivity contribution in [3.63, 3.8) is 0 Å². The molecule has 0 radical (unpaired) electrons. The number of benzene rings is 2. The lowest BCUT2D eigenvalue weighted by atomic mass is 9.97. The Morgan fingerprint density at radius 1 is 1.24 bits per heavy atom. The number of hydrogen-bond acceptors (Lipinski definition) is 3. The molecule has 25 heavy (non-hydrogen) atoms. The van der Waals surface area contributed by atoms with Gasteiger partial charge in [0.1, 0.15) is 5.69 Å². The molecule has 4 heteroatoms. The van der Waals surface area contributed by atoms with Crippen LogP contribution in [0.15, 0.2) is 40.9 Å². The molecule has 1 atom stereocenters. The number of carbonyl (C=O) groups excluding carboxylic acids is 1. The number of aryl methyl sites for hydroxylation is 2. The van der Waals surface area contributed by atoms with Crippen LogP contribution in [0, 0.1) is 13.8 Å². The quantitative estimate of drug-likeness (QED) is 0.702. The first-order valence-corrected chi connectivity index (χ1v) is 8.73. The van der Waals surface area contributed by atoms with Crippen LogP contribution >= 0.6 is 0 Å². The molecule has 0 saturated carbocycles. The Bertz CT molecular complexity index is 911. The van der Waals surface area contributed by atoms with Crippen LogP contribution in [0.2, 0.25) is 0 Å². The lowest BCUT2D eigenvalue weighted by molar-refractivity contribution is -0.115. The van der Waals surface area contributed by atoms with E-state index in [0.717, 1.165) is 39.8 Å². The van der Waals surface area contributed by atoms with Gasteiger partial charge in [-0.1, -0.05) is 43.3 Å². The fourth-order valence-corrected chi connectivity index (χ4v) is 3.25. The van der Waals surface area contributed by atoms with Crippen molar-refractivity contribution in [1.29, 1.82) is 0 Å². The molecule has 1 unspecified atom stereocenters. The zero-order valence-electron chi connectivity index (χ0n) is 15.2. The van der Waals surface area contributed by atoms with Crippen LogP contribution in [-0.4, -0.2) is 11.1 Å². The highest BCUT2D eigenvalue weighted by Crippen LogP contribution is 2.28. The van der Waals surface area contributed by atoms with Crippen LogP contribution in [0.1, 0.15) is 48.6 Å². The Morgan fingerprint density at radius 3 is 2.76 bits per heavy atom. The number of anilines is 1. The van der Waals surface area contributed by atoms with E-state index in [2.05, 4.69) is 36.5 Å². The zero-order valence-corrected chi connectivity index (χ0v) is 15.2. The Hall–Kier alpha value is -2.62. The predicted molar refractivity (Wildman–Crippen MR) is 101 cm³/mol. The van der Waals surface area contributed by atoms with E-state index in [1.54, 1.807) is 0 Å². The maximum Gasteiger partial charge on any atom is 0.230 e. The molecular formula is C21H24N2O2. The highest BCUT2D eigenvalue weighted by molar-refractivity contribution is 5.96. The molecule has 1 N–H and O–H groups in total. The van der Waals surface area contributed by atoms with Gasteiger partial charge in [0, 0.05) is 11.1 Å². The normalized spacial score (nSPS) is 12.3. The summed E-state index contributed by atoms with van der Waals surface area (Å²) in [4.78, 5) is 12.6. The number of carbonyl (C=O) groups is 1. The smallest absolute Gasteiger partial charge is 0.230 e. The van der Waals surface area contributed by atoms with E-state index >= 15 is 0 Å². The van der Waals surface area contributed by atoms with Crippen LogP contribution < -0.4 is 5.32 Å². The molecule has 3 aromatic rings. The summed E-state index contributed by atoms with van der Waals surface area (Å²) in [7, 11) is 0. The van der Waals surface area contributed by atoms with Gasteiger partial charge in [0.2, 0.25) is 5.91 Å². The van der Waals surface area contributed by atoms with Gasteiger partial charge in [-0.25, -0.2) is 0 Å². The van der Waals surface area contributed by atoms with Gasteiger partial charge in [-0.3, -0.25) is 4.79 Å². The Labute approximate surface area is 148 Å². The van der Waals surface area contributed by atoms with Crippen molar-refractivity contribution < 1.29 is 9.32 Å². The SMILES string of the molecule is CCC(C)c1ccccc1NC(=O)Cc1noc2cc(C)cc(C)c12. The summed E-state index contributed by atoms with van der Waals surface area (Å²) >= 11 is 0. The van der Waals surface area contributed by atoms with Gasteiger partial charge in [0.15, 0.2) is 5.58 Å². The first kappa shape index (κ1) is 17.2. The molecule has 0 saturated heterocycles. The van der Waals surface area contributed by atoms with Gasteiger partial charge in [-0.15, -0.1) is 0 Å². The average Bonchev–Trinajstić information content (AvgIpc) is 2.97. The number of fused-ring (bicyclic) bond motifs is 1. The molecule has 0 fully saturated rings. The van der Waals surface area contributed by atoms with Crippen LogP contribution in [0.3, 0.4) is 0 Å². The number of nitrogens with one attached hydrogen (secondary N) is 1. The Balaban J connectivity index is 1.83. The topological polar surface area (TPSA) is 55.1 Å². The minimum Gasteiger partial charge on any atom is -0.356 e. The second-order valence-corrected chi connectivity index (χ2v) is 6.71. The number of para-hydroxylation sites is 1. The lowest BCUT2D eigenvalue weighted by Gasteiger charge is -2.15. The van der Waals surface area contributed by atoms with E-state index in [1.807, 2.05) is 38.1 Å². The molecule has 1 amide bonds. The predicted octanol–water partition coefficient (Wildman–Crippen LogP) is 5.14. The summed E-state index contributed by atoms with van der Waals surface area (Å²) in [6.45, 7) is 8.36. The second kappa shape index (κ2) is 7.09. The Morgan fingerprint density at radius 2 is 2.00 bits per heavy atom. The molecule has 0 aliphatic carbocycles. The molecule has 4 nitrogen and oxygen atoms in total. The number of nitrogens with zero attached hydrogens (tertiary/aromatic N) is 1. The van der Waals surface area contributed by atoms with Gasteiger partial charge >= 0.3 is 0 Å². The van der Waals surface area contributed by atoms with E-state index in [4.69, 9.17) is 4.52 Å². The van der Waals surface area contributed by atoms with Crippen LogP contribution in [0.4, 0.5) is 5.69 Å². The van der Waals surface area contributed by atoms with Gasteiger partial charge in [0.25, 0.3) is 0 Å². The standard InChI is InChI=1S/C21H24N2O2/c1-5-14(3)16-8-6-7-9-17(16)22-20(24)12-18-21-15(4)10-13(2)11-19(21)25-23-18/h6-11,14H,5,12H2,1-4H3,(H,22,24). The minimum absolute atomic E-state index is 0.0778. The van der Waals surface area contributed by atoms with Gasteiger partial charge in [0.05, 0.1) is 6.42 Å². The number of aromatic nitrogens is 1. The van der Waals surface area contributed by atoms with Crippen LogP contribution in [-0.2, 0) is 11.2 Å². The zero-order chi connectivity index (χ0) is 18.0. The third kappa shape index (κ3) is 3.58. The summed E-state index contributed by atoms with van der Waals surface area (Å²) in [6.07, 6.45) is 1.23. The fraction of sp³-hybridized carbons (Fsp3) is 0.333. The molecule has 1 heterocycles. The van der Waals surface area contributed by atoms with Gasteiger partial charge in [-0.2, -0.15) is 0 Å². The van der Waals surface area contributed by atoms with Gasteiger partial charge in [-0.05, 0) is 55.0 Å². The minimum atomic E-state index is -0.0778. The molecule has 0 spiro atoms. The highest BCUT2D eigenvalue weighted by atomic mass is 16.5. The molecule has 0 aliphatic rings. The summed E-state index contributed by atoms with van der Waals surface area (Å²) in [5.41, 5.74) is 5.67. The number of rotatable bonds is 5. The lowest BCUT2D eigenvalue weighted by Crippen LogP contribution is -2.16. The molecule has 0 aliphatic heterocycles. The van der Waals surface area contributed by atoms with Crippen molar-refractivity contribution in [3.8, 4) is 0 Å². The average molecular weight is 336 g/mol. The molecular weight excluding hydrogens is 312 g/mol. The third-order valence-electron chi connectivity index (χ3n) is 4.69. The second-order valence-electron chi connectivity index (χ2n) is 6.71. The van der Waals surface area contributed by atoms with E-state index in [0.29, 0.717) is 11.6 Å². The largest absolute Gasteiger partial charge is 0.356 e. The first-order chi connectivity index (χ1) is 12.0. The van der Waals surface area contributed by atoms with Crippen molar-refractivity contribution in [2.24, 2.45) is 0 Å². The highest BCUT2D eigenvalue weighted by Gasteiger charge is 2.16. The maximum atomic E-state index is 12.6. The van der Waals surface area contributed by atoms with Crippen molar-refractivity contribution in [1.82, 2.24) is 5.16 Å². The van der Waals surface area contributed by atoms with Crippen LogP contribution in [0.25, 0.3) is 11.0 Å². The molecule has 1 aromatic heterocycles. The van der Waals surface area contributed by atoms with Gasteiger partial charge < -0.3 is 9.84 Å². The van der Waals surface area contributed by atoms with E-state index in [9.17, 15) is 4.79 Å². The number of amides is 1. The maximum absolute atomic E-state index is 12.6. The summed E-state index contributed by atoms with van der Waals surface area (Å²) in [6, 6.07) is 12.0. The van der Waals surface area contributed by atoms with Crippen molar-refractivity contribution in [2.75, 3.05) is 5.32 Å². The summed E-state index contributed by atoms with van der Waals surface area (Å²) in [5.74, 6) is 0.320. The molecule has 2 aromatic carbocycles. The Kier molecular flexibility index (Phi) is 4.88. The fourth-order valence-electron chi connectivity index (χ4n) is 3.25. The molecule has 130 valence electrons. The van der Waals surface area contributed by atoms with E-state index in [-0.39, 0.29) is 12.3 Å². The third-order valence-corrected chi connectivity index (χ3v) is 4.69. The van der Waals surface area contributed by atoms with Crippen molar-refractivity contribution in [3.05, 3.63) is 58.8 Å². The molecule has 3 rings (SSSR count). The number of hydrogen-bond donors (Lipinski definition) is 1. The summed E-state index contributed by atoms with van der Waals surface area (Å²) in [5, 5.41) is 8.10. The van der Waals surface area contributed by atoms with Crippen molar-refractivity contribution in [2.45, 2.75) is 46.5 Å². The summed E-state index contributed by atoms with van der Waals surface area (Å²) < 4.78 is 5.41. The van der Waals surface area contributed by atoms with E-state index in [1.165, 1.54) is 0 Å². The first-order valence-electron chi connectivity index (χ1n) is 8.73. The molecule has 0 bridgehead atoms. The van der Waals surface area contributed by atoms with Crippen LogP contribution in [0.5, 0.6) is 0 Å².